The van der Waals surface area contributed by atoms with Crippen molar-refractivity contribution in [3.63, 3.8) is 0 Å². The lowest BCUT2D eigenvalue weighted by Gasteiger charge is -2.16. The molecule has 0 heterocycles. The zero-order chi connectivity index (χ0) is 22.1. The summed E-state index contributed by atoms with van der Waals surface area (Å²) in [7, 11) is 4.24. The minimum absolute atomic E-state index is 0.124. The van der Waals surface area contributed by atoms with Gasteiger partial charge in [-0.05, 0) is 17.7 Å². The maximum atomic E-state index is 12.5. The van der Waals surface area contributed by atoms with Gasteiger partial charge < -0.3 is 30.0 Å². The molecule has 9 nitrogen and oxygen atoms in total. The topological polar surface area (TPSA) is 123 Å². The highest BCUT2D eigenvalue weighted by Gasteiger charge is 2.23. The number of carbonyl (C=O) groups excluding carboxylic acids is 2. The second kappa shape index (κ2) is 10.7. The number of rotatable bonds is 10. The lowest BCUT2D eigenvalue weighted by atomic mass is 10.1. The molecule has 160 valence electrons. The van der Waals surface area contributed by atoms with Crippen LogP contribution in [0.15, 0.2) is 42.5 Å². The van der Waals surface area contributed by atoms with Crippen LogP contribution in [0.2, 0.25) is 0 Å². The first-order valence-corrected chi connectivity index (χ1v) is 9.04. The molecule has 0 spiro atoms. The van der Waals surface area contributed by atoms with E-state index in [2.05, 4.69) is 10.6 Å². The normalized spacial score (nSPS) is 11.2. The Hall–Kier alpha value is -3.75. The van der Waals surface area contributed by atoms with E-state index in [1.54, 1.807) is 24.3 Å². The summed E-state index contributed by atoms with van der Waals surface area (Å²) in [4.78, 5) is 36.2. The Bertz CT molecular complexity index is 900. The van der Waals surface area contributed by atoms with Crippen LogP contribution in [-0.4, -0.2) is 56.8 Å². The first-order chi connectivity index (χ1) is 14.4. The smallest absolute Gasteiger partial charge is 0.326 e. The number of carboxylic acid groups (broad SMARTS) is 1. The van der Waals surface area contributed by atoms with E-state index in [0.717, 1.165) is 5.56 Å². The van der Waals surface area contributed by atoms with Gasteiger partial charge in [-0.1, -0.05) is 30.3 Å². The Balaban J connectivity index is 2.03. The number of hydrogen-bond acceptors (Lipinski definition) is 6. The number of methoxy groups -OCH3 is 3. The molecule has 1 atom stereocenters. The fourth-order valence-electron chi connectivity index (χ4n) is 2.83. The minimum atomic E-state index is -1.17. The number of hydrogen-bond donors (Lipinski definition) is 3. The van der Waals surface area contributed by atoms with Gasteiger partial charge in [-0.25, -0.2) is 4.79 Å². The molecule has 0 saturated carbocycles. The van der Waals surface area contributed by atoms with Gasteiger partial charge in [0.15, 0.2) is 11.5 Å². The number of aliphatic carboxylic acids is 1. The second-order valence-corrected chi connectivity index (χ2v) is 6.21. The van der Waals surface area contributed by atoms with Gasteiger partial charge in [0.25, 0.3) is 5.91 Å². The van der Waals surface area contributed by atoms with Gasteiger partial charge in [0, 0.05) is 6.42 Å². The van der Waals surface area contributed by atoms with E-state index in [0.29, 0.717) is 5.75 Å². The third-order valence-electron chi connectivity index (χ3n) is 4.27. The van der Waals surface area contributed by atoms with Gasteiger partial charge in [0.05, 0.1) is 33.4 Å². The van der Waals surface area contributed by atoms with Gasteiger partial charge in [-0.15, -0.1) is 0 Å². The molecule has 0 saturated heterocycles. The summed E-state index contributed by atoms with van der Waals surface area (Å²) in [5, 5.41) is 14.2. The van der Waals surface area contributed by atoms with Crippen molar-refractivity contribution in [3.8, 4) is 17.2 Å². The van der Waals surface area contributed by atoms with Crippen molar-refractivity contribution in [2.24, 2.45) is 0 Å². The van der Waals surface area contributed by atoms with Gasteiger partial charge in [0.2, 0.25) is 11.7 Å². The molecule has 0 aromatic heterocycles. The Morgan fingerprint density at radius 2 is 1.60 bits per heavy atom. The Labute approximate surface area is 173 Å². The molecule has 2 rings (SSSR count). The van der Waals surface area contributed by atoms with Crippen LogP contribution in [0.3, 0.4) is 0 Å². The zero-order valence-electron chi connectivity index (χ0n) is 16.9. The van der Waals surface area contributed by atoms with Crippen molar-refractivity contribution < 1.29 is 33.7 Å². The minimum Gasteiger partial charge on any atom is -0.493 e. The largest absolute Gasteiger partial charge is 0.493 e. The number of benzene rings is 2. The summed E-state index contributed by atoms with van der Waals surface area (Å²) in [6.07, 6.45) is 0.124. The van der Waals surface area contributed by atoms with E-state index in [9.17, 15) is 19.5 Å². The molecule has 9 heteroatoms. The molecule has 2 aromatic carbocycles. The molecule has 2 aromatic rings. The van der Waals surface area contributed by atoms with E-state index in [-0.39, 0.29) is 23.5 Å². The molecule has 0 bridgehead atoms. The van der Waals surface area contributed by atoms with E-state index >= 15 is 0 Å². The number of nitrogens with one attached hydrogen (secondary N) is 2. The molecule has 0 aliphatic rings. The maximum Gasteiger partial charge on any atom is 0.326 e. The molecule has 1 unspecified atom stereocenters. The number of ether oxygens (including phenoxy) is 3. The van der Waals surface area contributed by atoms with Crippen molar-refractivity contribution in [2.45, 2.75) is 12.5 Å². The summed E-state index contributed by atoms with van der Waals surface area (Å²) < 4.78 is 15.7. The lowest BCUT2D eigenvalue weighted by molar-refractivity contribution is -0.141. The Morgan fingerprint density at radius 1 is 0.933 bits per heavy atom. The molecule has 0 radical (unpaired) electrons. The predicted octanol–water partition coefficient (Wildman–Crippen LogP) is 1.25. The summed E-state index contributed by atoms with van der Waals surface area (Å²) in [6.45, 7) is -0.408. The number of carboxylic acids is 1. The van der Waals surface area contributed by atoms with Crippen LogP contribution in [0.1, 0.15) is 15.9 Å². The van der Waals surface area contributed by atoms with Crippen LogP contribution >= 0.6 is 0 Å². The second-order valence-electron chi connectivity index (χ2n) is 6.21. The first kappa shape index (κ1) is 22.5. The highest BCUT2D eigenvalue weighted by molar-refractivity contribution is 6.00. The standard InChI is InChI=1S/C21H24N2O7/c1-28-16-10-9-14(18(29-2)19(16)30-3)20(25)22-12-17(24)23-15(21(26)27)11-13-7-5-4-6-8-13/h4-10,15H,11-12H2,1-3H3,(H,22,25)(H,23,24)(H,26,27). The average Bonchev–Trinajstić information content (AvgIpc) is 2.76. The summed E-state index contributed by atoms with van der Waals surface area (Å²) in [5.41, 5.74) is 0.909. The predicted molar refractivity (Wildman–Crippen MR) is 108 cm³/mol. The van der Waals surface area contributed by atoms with E-state index < -0.39 is 30.4 Å². The average molecular weight is 416 g/mol. The van der Waals surface area contributed by atoms with Crippen molar-refractivity contribution in [3.05, 3.63) is 53.6 Å². The molecular formula is C21H24N2O7. The molecule has 0 aliphatic carbocycles. The van der Waals surface area contributed by atoms with Gasteiger partial charge in [-0.3, -0.25) is 9.59 Å². The van der Waals surface area contributed by atoms with Crippen LogP contribution in [0.25, 0.3) is 0 Å². The summed E-state index contributed by atoms with van der Waals surface area (Å²) >= 11 is 0. The molecule has 0 fully saturated rings. The fraction of sp³-hybridized carbons (Fsp3) is 0.286. The van der Waals surface area contributed by atoms with Crippen LogP contribution in [0.4, 0.5) is 0 Å². The molecule has 2 amide bonds. The Morgan fingerprint density at radius 3 is 2.17 bits per heavy atom. The van der Waals surface area contributed by atoms with Crippen molar-refractivity contribution in [2.75, 3.05) is 27.9 Å². The van der Waals surface area contributed by atoms with Gasteiger partial charge >= 0.3 is 5.97 Å². The maximum absolute atomic E-state index is 12.5. The van der Waals surface area contributed by atoms with E-state index in [4.69, 9.17) is 14.2 Å². The fourth-order valence-corrected chi connectivity index (χ4v) is 2.83. The third kappa shape index (κ3) is 5.63. The number of amides is 2. The molecule has 0 aliphatic heterocycles. The van der Waals surface area contributed by atoms with Gasteiger partial charge in [0.1, 0.15) is 6.04 Å². The zero-order valence-corrected chi connectivity index (χ0v) is 16.9. The van der Waals surface area contributed by atoms with Crippen LogP contribution in [-0.2, 0) is 16.0 Å². The Kier molecular flexibility index (Phi) is 8.04. The van der Waals surface area contributed by atoms with Gasteiger partial charge in [-0.2, -0.15) is 0 Å². The first-order valence-electron chi connectivity index (χ1n) is 9.04. The third-order valence-corrected chi connectivity index (χ3v) is 4.27. The molecule has 30 heavy (non-hydrogen) atoms. The lowest BCUT2D eigenvalue weighted by Crippen LogP contribution is -2.46. The highest BCUT2D eigenvalue weighted by atomic mass is 16.5. The summed E-state index contributed by atoms with van der Waals surface area (Å²) in [5.74, 6) is -1.61. The van der Waals surface area contributed by atoms with Crippen LogP contribution < -0.4 is 24.8 Å². The van der Waals surface area contributed by atoms with E-state index in [1.165, 1.54) is 33.5 Å². The van der Waals surface area contributed by atoms with Crippen molar-refractivity contribution >= 4 is 17.8 Å². The monoisotopic (exact) mass is 416 g/mol. The van der Waals surface area contributed by atoms with Crippen molar-refractivity contribution in [1.82, 2.24) is 10.6 Å². The number of carbonyl (C=O) groups is 3. The van der Waals surface area contributed by atoms with Crippen molar-refractivity contribution in [1.29, 1.82) is 0 Å². The molecular weight excluding hydrogens is 392 g/mol. The summed E-state index contributed by atoms with van der Waals surface area (Å²) in [6, 6.07) is 10.8. The highest BCUT2D eigenvalue weighted by Crippen LogP contribution is 2.39. The SMILES string of the molecule is COc1ccc(C(=O)NCC(=O)NC(Cc2ccccc2)C(=O)O)c(OC)c1OC. The van der Waals surface area contributed by atoms with E-state index in [1.807, 2.05) is 6.07 Å². The molecule has 3 N–H and O–H groups in total. The van der Waals surface area contributed by atoms with Crippen LogP contribution in [0, 0.1) is 0 Å². The quantitative estimate of drug-likeness (QED) is 0.533. The van der Waals surface area contributed by atoms with Crippen LogP contribution in [0.5, 0.6) is 17.2 Å².